The number of carbonyl (C=O) groups is 4. The van der Waals surface area contributed by atoms with Crippen LogP contribution in [0.2, 0.25) is 0 Å². The van der Waals surface area contributed by atoms with Gasteiger partial charge in [-0.3, -0.25) is 24.1 Å². The minimum Gasteiger partial charge on any atom is -0.349 e. The van der Waals surface area contributed by atoms with E-state index in [1.807, 2.05) is 13.8 Å². The number of ketones is 1. The van der Waals surface area contributed by atoms with Gasteiger partial charge >= 0.3 is 0 Å². The van der Waals surface area contributed by atoms with Crippen LogP contribution in [-0.4, -0.2) is 52.5 Å². The fraction of sp³-hybridized carbons (Fsp3) is 0.750. The average Bonchev–Trinajstić information content (AvgIpc) is 2.72. The number of carbonyl (C=O) groups excluding carboxylic acids is 4. The third kappa shape index (κ3) is 6.33. The zero-order chi connectivity index (χ0) is 17.6. The normalized spacial score (nSPS) is 18.2. The molecule has 132 valence electrons. The number of rotatable bonds is 9. The summed E-state index contributed by atoms with van der Waals surface area (Å²) < 4.78 is 0. The molecular formula is C16H28N2O4S. The number of likely N-dealkylation sites (tertiary alicyclic amines) is 1. The van der Waals surface area contributed by atoms with Gasteiger partial charge in [0.1, 0.15) is 0 Å². The molecule has 0 bridgehead atoms. The van der Waals surface area contributed by atoms with Crippen molar-refractivity contribution in [2.45, 2.75) is 45.8 Å². The van der Waals surface area contributed by atoms with Crippen LogP contribution in [0.25, 0.3) is 0 Å². The van der Waals surface area contributed by atoms with E-state index in [1.165, 1.54) is 16.7 Å². The van der Waals surface area contributed by atoms with Gasteiger partial charge in [0.05, 0.1) is 11.8 Å². The maximum absolute atomic E-state index is 12.2. The summed E-state index contributed by atoms with van der Waals surface area (Å²) in [5.41, 5.74) is 0. The predicted molar refractivity (Wildman–Crippen MR) is 92.0 cm³/mol. The number of amides is 3. The number of nitrogens with zero attached hydrogens (tertiary/aromatic N) is 1. The molecule has 3 amide bonds. The highest BCUT2D eigenvalue weighted by Gasteiger charge is 2.38. The Balaban J connectivity index is 0.00000529. The van der Waals surface area contributed by atoms with Crippen LogP contribution in [0.1, 0.15) is 42.0 Å². The van der Waals surface area contributed by atoms with Gasteiger partial charge in [-0.1, -0.05) is 27.7 Å². The number of imide groups is 1. The lowest BCUT2D eigenvalue weighted by atomic mass is 10.1. The van der Waals surface area contributed by atoms with Crippen molar-refractivity contribution < 1.29 is 20.6 Å². The number of hydrogen-bond acceptors (Lipinski definition) is 5. The van der Waals surface area contributed by atoms with E-state index in [0.717, 1.165) is 0 Å². The lowest BCUT2D eigenvalue weighted by molar-refractivity contribution is -0.138. The first-order chi connectivity index (χ1) is 10.7. The Labute approximate surface area is 143 Å². The monoisotopic (exact) mass is 344 g/mol. The molecule has 1 aliphatic heterocycles. The number of hydrogen-bond donors (Lipinski definition) is 1. The van der Waals surface area contributed by atoms with Crippen LogP contribution in [0.3, 0.4) is 0 Å². The number of thioether (sulfide) groups is 1. The second-order valence-electron chi connectivity index (χ2n) is 6.45. The summed E-state index contributed by atoms with van der Waals surface area (Å²) in [7, 11) is 0. The molecule has 1 N–H and O–H groups in total. The molecule has 0 aromatic heterocycles. The van der Waals surface area contributed by atoms with Crippen LogP contribution < -0.4 is 5.32 Å². The lowest BCUT2D eigenvalue weighted by Gasteiger charge is -2.16. The van der Waals surface area contributed by atoms with Gasteiger partial charge in [-0.15, -0.1) is 11.8 Å². The summed E-state index contributed by atoms with van der Waals surface area (Å²) in [4.78, 5) is 48.4. The predicted octanol–water partition coefficient (Wildman–Crippen LogP) is 1.48. The molecule has 0 aromatic carbocycles. The molecule has 0 aromatic rings. The Hall–Kier alpha value is -1.37. The molecule has 1 atom stereocenters. The summed E-state index contributed by atoms with van der Waals surface area (Å²) >= 11 is 1.34. The highest BCUT2D eigenvalue weighted by molar-refractivity contribution is 8.00. The van der Waals surface area contributed by atoms with Gasteiger partial charge in [0.2, 0.25) is 17.7 Å². The third-order valence-electron chi connectivity index (χ3n) is 3.50. The van der Waals surface area contributed by atoms with E-state index < -0.39 is 0 Å². The van der Waals surface area contributed by atoms with Crippen molar-refractivity contribution in [3.8, 4) is 0 Å². The maximum atomic E-state index is 12.2. The van der Waals surface area contributed by atoms with Crippen LogP contribution in [0, 0.1) is 11.8 Å². The van der Waals surface area contributed by atoms with Gasteiger partial charge in [0.15, 0.2) is 5.78 Å². The Bertz CT molecular complexity index is 483. The summed E-state index contributed by atoms with van der Waals surface area (Å²) in [5, 5.41) is 2.20. The largest absolute Gasteiger partial charge is 0.349 e. The van der Waals surface area contributed by atoms with Crippen molar-refractivity contribution in [3.05, 3.63) is 0 Å². The second-order valence-corrected chi connectivity index (χ2v) is 7.76. The highest BCUT2D eigenvalue weighted by atomic mass is 32.2. The minimum absolute atomic E-state index is 0. The quantitative estimate of drug-likeness (QED) is 0.641. The average molecular weight is 344 g/mol. The molecule has 0 radical (unpaired) electrons. The Kier molecular flexibility index (Phi) is 7.75. The highest BCUT2D eigenvalue weighted by Crippen LogP contribution is 2.26. The molecule has 1 unspecified atom stereocenters. The minimum atomic E-state index is -0.383. The fourth-order valence-corrected chi connectivity index (χ4v) is 3.23. The van der Waals surface area contributed by atoms with E-state index in [4.69, 9.17) is 0 Å². The molecule has 0 saturated carbocycles. The summed E-state index contributed by atoms with van der Waals surface area (Å²) in [5.74, 6) is 0.113. The Morgan fingerprint density at radius 1 is 1.30 bits per heavy atom. The van der Waals surface area contributed by atoms with Crippen molar-refractivity contribution >= 4 is 35.3 Å². The summed E-state index contributed by atoms with van der Waals surface area (Å²) in [6.45, 7) is 8.00. The van der Waals surface area contributed by atoms with Crippen LogP contribution >= 0.6 is 11.8 Å². The molecule has 1 fully saturated rings. The van der Waals surface area contributed by atoms with E-state index in [9.17, 15) is 19.2 Å². The zero-order valence-corrected chi connectivity index (χ0v) is 15.1. The summed E-state index contributed by atoms with van der Waals surface area (Å²) in [6, 6.07) is 0. The van der Waals surface area contributed by atoms with Crippen LogP contribution in [0.5, 0.6) is 0 Å². The molecule has 1 heterocycles. The third-order valence-corrected chi connectivity index (χ3v) is 4.71. The first-order valence-corrected chi connectivity index (χ1v) is 9.02. The molecule has 23 heavy (non-hydrogen) atoms. The standard InChI is InChI=1S/C16H26N2O4S.H2/c1-10(2)9-18-15(21)7-13(16(18)22)23-6-5-14(20)17-8-12(19)11(3)4;/h10-11,13H,5-9H2,1-4H3,(H,17,20);1H. The van der Waals surface area contributed by atoms with Gasteiger partial charge < -0.3 is 5.32 Å². The van der Waals surface area contributed by atoms with Gasteiger partial charge in [-0.05, 0) is 5.92 Å². The van der Waals surface area contributed by atoms with Crippen LogP contribution in [0.15, 0.2) is 0 Å². The molecule has 1 saturated heterocycles. The van der Waals surface area contributed by atoms with Gasteiger partial charge in [-0.2, -0.15) is 0 Å². The molecule has 1 aliphatic rings. The van der Waals surface area contributed by atoms with E-state index in [-0.39, 0.29) is 61.4 Å². The second kappa shape index (κ2) is 9.05. The molecule has 7 heteroatoms. The van der Waals surface area contributed by atoms with E-state index in [1.54, 1.807) is 13.8 Å². The fourth-order valence-electron chi connectivity index (χ4n) is 2.11. The summed E-state index contributed by atoms with van der Waals surface area (Å²) in [6.07, 6.45) is 0.446. The van der Waals surface area contributed by atoms with E-state index in [2.05, 4.69) is 5.32 Å². The number of Topliss-reactive ketones (excluding diaryl/α,β-unsaturated/α-hetero) is 1. The van der Waals surface area contributed by atoms with Crippen LogP contribution in [0.4, 0.5) is 0 Å². The van der Waals surface area contributed by atoms with Crippen molar-refractivity contribution in [3.63, 3.8) is 0 Å². The molecule has 0 spiro atoms. The first kappa shape index (κ1) is 19.7. The Morgan fingerprint density at radius 3 is 2.52 bits per heavy atom. The van der Waals surface area contributed by atoms with E-state index >= 15 is 0 Å². The van der Waals surface area contributed by atoms with Crippen molar-refractivity contribution in [2.24, 2.45) is 11.8 Å². The molecule has 0 aliphatic carbocycles. The first-order valence-electron chi connectivity index (χ1n) is 7.97. The maximum Gasteiger partial charge on any atom is 0.242 e. The van der Waals surface area contributed by atoms with Gasteiger partial charge in [-0.25, -0.2) is 0 Å². The van der Waals surface area contributed by atoms with Crippen molar-refractivity contribution in [2.75, 3.05) is 18.8 Å². The number of nitrogens with one attached hydrogen (secondary N) is 1. The molecular weight excluding hydrogens is 316 g/mol. The van der Waals surface area contributed by atoms with Gasteiger partial charge in [0, 0.05) is 32.5 Å². The molecule has 1 rings (SSSR count). The SMILES string of the molecule is CC(C)CN1C(=O)CC(SCCC(=O)NCC(=O)C(C)C)C1=O.[HH]. The van der Waals surface area contributed by atoms with E-state index in [0.29, 0.717) is 12.3 Å². The molecule has 6 nitrogen and oxygen atoms in total. The van der Waals surface area contributed by atoms with Gasteiger partial charge in [0.25, 0.3) is 0 Å². The topological polar surface area (TPSA) is 83.6 Å². The lowest BCUT2D eigenvalue weighted by Crippen LogP contribution is -2.34. The van der Waals surface area contributed by atoms with Crippen LogP contribution in [-0.2, 0) is 19.2 Å². The van der Waals surface area contributed by atoms with Crippen molar-refractivity contribution in [1.82, 2.24) is 10.2 Å². The van der Waals surface area contributed by atoms with Crippen molar-refractivity contribution in [1.29, 1.82) is 0 Å². The Morgan fingerprint density at radius 2 is 1.96 bits per heavy atom. The zero-order valence-electron chi connectivity index (χ0n) is 14.3. The smallest absolute Gasteiger partial charge is 0.242 e.